The molecule has 0 fully saturated rings. The molecule has 1 amide bonds. The standard InChI is InChI=1S/C19H22N2O3/c1-13-9-14(2)11-18(10-13)24-12-19(22)21-20-15(3)16-5-7-17(23-4)8-6-16/h5-11H,12H2,1-4H3,(H,21,22). The molecular formula is C19H22N2O3. The molecule has 126 valence electrons. The lowest BCUT2D eigenvalue weighted by molar-refractivity contribution is -0.123. The molecule has 0 aliphatic carbocycles. The Hall–Kier alpha value is -2.82. The van der Waals surface area contributed by atoms with E-state index in [0.717, 1.165) is 22.4 Å². The Morgan fingerprint density at radius 2 is 1.67 bits per heavy atom. The molecule has 0 spiro atoms. The monoisotopic (exact) mass is 326 g/mol. The van der Waals surface area contributed by atoms with Gasteiger partial charge in [-0.1, -0.05) is 6.07 Å². The minimum absolute atomic E-state index is 0.0811. The summed E-state index contributed by atoms with van der Waals surface area (Å²) in [5.74, 6) is 1.15. The van der Waals surface area contributed by atoms with Crippen LogP contribution >= 0.6 is 0 Å². The molecule has 5 nitrogen and oxygen atoms in total. The first-order chi connectivity index (χ1) is 11.5. The lowest BCUT2D eigenvalue weighted by Crippen LogP contribution is -2.25. The Bertz CT molecular complexity index is 717. The van der Waals surface area contributed by atoms with Crippen LogP contribution in [0.25, 0.3) is 0 Å². The molecule has 0 atom stereocenters. The van der Waals surface area contributed by atoms with E-state index < -0.39 is 0 Å². The minimum atomic E-state index is -0.304. The summed E-state index contributed by atoms with van der Waals surface area (Å²) in [7, 11) is 1.62. The Kier molecular flexibility index (Phi) is 5.95. The van der Waals surface area contributed by atoms with Gasteiger partial charge in [0.25, 0.3) is 5.91 Å². The number of carbonyl (C=O) groups excluding carboxylic acids is 1. The van der Waals surface area contributed by atoms with Crippen molar-refractivity contribution < 1.29 is 14.3 Å². The average Bonchev–Trinajstić information content (AvgIpc) is 2.57. The summed E-state index contributed by atoms with van der Waals surface area (Å²) in [6.45, 7) is 5.72. The van der Waals surface area contributed by atoms with Gasteiger partial charge in [0.15, 0.2) is 6.61 Å². The summed E-state index contributed by atoms with van der Waals surface area (Å²) in [5.41, 5.74) is 6.31. The van der Waals surface area contributed by atoms with Crippen LogP contribution in [0.15, 0.2) is 47.6 Å². The van der Waals surface area contributed by atoms with Crippen molar-refractivity contribution in [3.8, 4) is 11.5 Å². The van der Waals surface area contributed by atoms with E-state index in [4.69, 9.17) is 9.47 Å². The van der Waals surface area contributed by atoms with E-state index in [1.165, 1.54) is 0 Å². The third-order valence-electron chi connectivity index (χ3n) is 3.42. The zero-order valence-corrected chi connectivity index (χ0v) is 14.4. The quantitative estimate of drug-likeness (QED) is 0.655. The van der Waals surface area contributed by atoms with Crippen molar-refractivity contribution in [2.24, 2.45) is 5.10 Å². The summed E-state index contributed by atoms with van der Waals surface area (Å²) in [4.78, 5) is 11.9. The van der Waals surface area contributed by atoms with E-state index in [0.29, 0.717) is 11.5 Å². The van der Waals surface area contributed by atoms with Gasteiger partial charge in [0, 0.05) is 0 Å². The van der Waals surface area contributed by atoms with Crippen LogP contribution < -0.4 is 14.9 Å². The van der Waals surface area contributed by atoms with E-state index >= 15 is 0 Å². The summed E-state index contributed by atoms with van der Waals surface area (Å²) in [5, 5.41) is 4.09. The maximum Gasteiger partial charge on any atom is 0.277 e. The highest BCUT2D eigenvalue weighted by Gasteiger charge is 2.04. The number of hydrazone groups is 1. The van der Waals surface area contributed by atoms with Crippen LogP contribution in [0.1, 0.15) is 23.6 Å². The zero-order chi connectivity index (χ0) is 17.5. The van der Waals surface area contributed by atoms with Crippen LogP contribution in [-0.4, -0.2) is 25.3 Å². The number of carbonyl (C=O) groups is 1. The van der Waals surface area contributed by atoms with Crippen molar-refractivity contribution in [1.29, 1.82) is 0 Å². The number of rotatable bonds is 6. The van der Waals surface area contributed by atoms with Gasteiger partial charge in [-0.15, -0.1) is 0 Å². The van der Waals surface area contributed by atoms with Gasteiger partial charge in [0.05, 0.1) is 12.8 Å². The molecular weight excluding hydrogens is 304 g/mol. The average molecular weight is 326 g/mol. The predicted molar refractivity (Wildman–Crippen MR) is 94.8 cm³/mol. The fourth-order valence-electron chi connectivity index (χ4n) is 2.24. The lowest BCUT2D eigenvalue weighted by atomic mass is 10.1. The molecule has 24 heavy (non-hydrogen) atoms. The molecule has 0 saturated carbocycles. The first-order valence-corrected chi connectivity index (χ1v) is 7.66. The fourth-order valence-corrected chi connectivity index (χ4v) is 2.24. The van der Waals surface area contributed by atoms with Gasteiger partial charge in [-0.2, -0.15) is 5.10 Å². The Balaban J connectivity index is 1.89. The van der Waals surface area contributed by atoms with Crippen molar-refractivity contribution in [1.82, 2.24) is 5.43 Å². The van der Waals surface area contributed by atoms with Gasteiger partial charge >= 0.3 is 0 Å². The molecule has 2 aromatic rings. The number of hydrogen-bond acceptors (Lipinski definition) is 4. The van der Waals surface area contributed by atoms with Crippen molar-refractivity contribution in [3.05, 3.63) is 59.2 Å². The second kappa shape index (κ2) is 8.15. The van der Waals surface area contributed by atoms with Crippen LogP contribution in [0.4, 0.5) is 0 Å². The third kappa shape index (κ3) is 5.12. The predicted octanol–water partition coefficient (Wildman–Crippen LogP) is 3.23. The fraction of sp³-hybridized carbons (Fsp3) is 0.263. The summed E-state index contributed by atoms with van der Waals surface area (Å²) in [6, 6.07) is 13.3. The second-order valence-corrected chi connectivity index (χ2v) is 5.57. The third-order valence-corrected chi connectivity index (χ3v) is 3.42. The van der Waals surface area contributed by atoms with Crippen LogP contribution in [0.5, 0.6) is 11.5 Å². The Morgan fingerprint density at radius 3 is 2.25 bits per heavy atom. The van der Waals surface area contributed by atoms with E-state index in [2.05, 4.69) is 16.6 Å². The van der Waals surface area contributed by atoms with Gasteiger partial charge in [-0.3, -0.25) is 4.79 Å². The van der Waals surface area contributed by atoms with Crippen molar-refractivity contribution in [2.45, 2.75) is 20.8 Å². The number of ether oxygens (including phenoxy) is 2. The zero-order valence-electron chi connectivity index (χ0n) is 14.4. The van der Waals surface area contributed by atoms with Crippen molar-refractivity contribution in [2.75, 3.05) is 13.7 Å². The summed E-state index contributed by atoms with van der Waals surface area (Å²) >= 11 is 0. The molecule has 2 aromatic carbocycles. The van der Waals surface area contributed by atoms with E-state index in [-0.39, 0.29) is 12.5 Å². The molecule has 1 N–H and O–H groups in total. The van der Waals surface area contributed by atoms with Crippen LogP contribution in [0, 0.1) is 13.8 Å². The second-order valence-electron chi connectivity index (χ2n) is 5.57. The Labute approximate surface area is 142 Å². The molecule has 0 aliphatic heterocycles. The number of nitrogens with zero attached hydrogens (tertiary/aromatic N) is 1. The number of nitrogens with one attached hydrogen (secondary N) is 1. The largest absolute Gasteiger partial charge is 0.497 e. The van der Waals surface area contributed by atoms with Crippen LogP contribution in [0.3, 0.4) is 0 Å². The van der Waals surface area contributed by atoms with E-state index in [9.17, 15) is 4.79 Å². The number of amides is 1. The van der Waals surface area contributed by atoms with Crippen molar-refractivity contribution in [3.63, 3.8) is 0 Å². The Morgan fingerprint density at radius 1 is 1.04 bits per heavy atom. The van der Waals surface area contributed by atoms with Gasteiger partial charge in [0.2, 0.25) is 0 Å². The molecule has 0 heterocycles. The highest BCUT2D eigenvalue weighted by Crippen LogP contribution is 2.16. The highest BCUT2D eigenvalue weighted by atomic mass is 16.5. The molecule has 5 heteroatoms. The maximum atomic E-state index is 11.9. The smallest absolute Gasteiger partial charge is 0.277 e. The first-order valence-electron chi connectivity index (χ1n) is 7.66. The number of benzene rings is 2. The minimum Gasteiger partial charge on any atom is -0.497 e. The van der Waals surface area contributed by atoms with E-state index in [1.807, 2.05) is 57.2 Å². The van der Waals surface area contributed by atoms with E-state index in [1.54, 1.807) is 7.11 Å². The number of hydrogen-bond donors (Lipinski definition) is 1. The van der Waals surface area contributed by atoms with Gasteiger partial charge in [0.1, 0.15) is 11.5 Å². The molecule has 0 bridgehead atoms. The van der Waals surface area contributed by atoms with Gasteiger partial charge in [-0.05, 0) is 73.9 Å². The molecule has 0 unspecified atom stereocenters. The number of methoxy groups -OCH3 is 1. The summed E-state index contributed by atoms with van der Waals surface area (Å²) < 4.78 is 10.6. The topological polar surface area (TPSA) is 59.9 Å². The van der Waals surface area contributed by atoms with Gasteiger partial charge < -0.3 is 9.47 Å². The molecule has 0 radical (unpaired) electrons. The lowest BCUT2D eigenvalue weighted by Gasteiger charge is -2.08. The summed E-state index contributed by atoms with van der Waals surface area (Å²) in [6.07, 6.45) is 0. The molecule has 2 rings (SSSR count). The normalized spacial score (nSPS) is 11.1. The SMILES string of the molecule is COc1ccc(C(C)=NNC(=O)COc2cc(C)cc(C)c2)cc1. The van der Waals surface area contributed by atoms with Crippen molar-refractivity contribution >= 4 is 11.6 Å². The first kappa shape index (κ1) is 17.5. The van der Waals surface area contributed by atoms with Gasteiger partial charge in [-0.25, -0.2) is 5.43 Å². The number of aryl methyl sites for hydroxylation is 2. The highest BCUT2D eigenvalue weighted by molar-refractivity contribution is 5.99. The molecule has 0 aromatic heterocycles. The molecule has 0 saturated heterocycles. The van der Waals surface area contributed by atoms with Crippen LogP contribution in [0.2, 0.25) is 0 Å². The molecule has 0 aliphatic rings. The van der Waals surface area contributed by atoms with Crippen LogP contribution in [-0.2, 0) is 4.79 Å². The maximum absolute atomic E-state index is 11.9.